The summed E-state index contributed by atoms with van der Waals surface area (Å²) >= 11 is 0. The van der Waals surface area contributed by atoms with E-state index in [9.17, 15) is 20.4 Å². The molecular weight excluding hydrogens is 849 g/mol. The van der Waals surface area contributed by atoms with Gasteiger partial charge in [-0.1, -0.05) is 97.1 Å². The minimum Gasteiger partial charge on any atom is -0.390 e. The summed E-state index contributed by atoms with van der Waals surface area (Å²) in [6.07, 6.45) is 23.1. The molecule has 4 saturated carbocycles. The number of fused-ring (bicyclic) bond motifs is 12. The van der Waals surface area contributed by atoms with Crippen molar-refractivity contribution < 1.29 is 20.4 Å². The molecule has 68 heavy (non-hydrogen) atoms. The molecule has 4 fully saturated rings. The number of benzene rings is 4. The zero-order valence-electron chi connectivity index (χ0n) is 37.8. The fraction of sp³-hybridized carbons (Fsp3) is 0.357. The van der Waals surface area contributed by atoms with Gasteiger partial charge in [-0.25, -0.2) is 19.9 Å². The van der Waals surface area contributed by atoms with Crippen LogP contribution < -0.4 is 0 Å². The van der Waals surface area contributed by atoms with Gasteiger partial charge < -0.3 is 38.7 Å². The van der Waals surface area contributed by atoms with Crippen LogP contribution in [-0.2, 0) is 0 Å². The standard InChI is InChI=1S/4C14H14N2O/c4*17-14(9-5-6-9)13-11-4-2-1-3-10(11)12-7-15-8-16(12)13/h4*1-4,7-9,13-14,17H,5-6H2/t2*13-,14?;13-,14+;13-,14-/m0011/s1. The maximum absolute atomic E-state index is 10.5. The summed E-state index contributed by atoms with van der Waals surface area (Å²) in [4.78, 5) is 16.8. The van der Waals surface area contributed by atoms with E-state index in [0.717, 1.165) is 74.1 Å². The normalized spacial score (nSPS) is 23.2. The molecule has 4 aromatic carbocycles. The maximum Gasteiger partial charge on any atom is 0.0957 e. The number of hydrogen-bond donors (Lipinski definition) is 4. The predicted molar refractivity (Wildman–Crippen MR) is 258 cm³/mol. The Morgan fingerprint density at radius 2 is 0.529 bits per heavy atom. The van der Waals surface area contributed by atoms with Crippen LogP contribution in [0.4, 0.5) is 0 Å². The molecule has 8 atom stereocenters. The van der Waals surface area contributed by atoms with Crippen LogP contribution in [0.2, 0.25) is 0 Å². The predicted octanol–water partition coefficient (Wildman–Crippen LogP) is 8.90. The molecule has 4 aliphatic carbocycles. The molecule has 8 heterocycles. The average molecular weight is 905 g/mol. The van der Waals surface area contributed by atoms with E-state index in [1.807, 2.05) is 98.6 Å². The number of nitrogens with zero attached hydrogens (tertiary/aromatic N) is 8. The van der Waals surface area contributed by atoms with Gasteiger partial charge in [0.25, 0.3) is 0 Å². The van der Waals surface area contributed by atoms with Gasteiger partial charge >= 0.3 is 0 Å². The molecule has 12 nitrogen and oxygen atoms in total. The van der Waals surface area contributed by atoms with Gasteiger partial charge in [-0.15, -0.1) is 0 Å². The second-order valence-electron chi connectivity index (χ2n) is 20.2. The lowest BCUT2D eigenvalue weighted by molar-refractivity contribution is 0.111. The van der Waals surface area contributed by atoms with Crippen molar-refractivity contribution in [1.82, 2.24) is 38.2 Å². The molecule has 4 aliphatic heterocycles. The lowest BCUT2D eigenvalue weighted by Crippen LogP contribution is -2.24. The molecule has 8 aromatic rings. The fourth-order valence-electron chi connectivity index (χ4n) is 11.7. The summed E-state index contributed by atoms with van der Waals surface area (Å²) in [5.41, 5.74) is 14.3. The summed E-state index contributed by atoms with van der Waals surface area (Å²) in [5, 5.41) is 41.8. The number of hydrogen-bond acceptors (Lipinski definition) is 8. The van der Waals surface area contributed by atoms with Crippen LogP contribution in [0.1, 0.15) is 97.8 Å². The molecule has 2 unspecified atom stereocenters. The van der Waals surface area contributed by atoms with E-state index in [1.165, 1.54) is 44.5 Å². The average Bonchev–Trinajstić information content (AvgIpc) is 4.34. The highest BCUT2D eigenvalue weighted by atomic mass is 16.3. The van der Waals surface area contributed by atoms with Crippen LogP contribution in [0.15, 0.2) is 147 Å². The van der Waals surface area contributed by atoms with E-state index in [2.05, 4.69) is 86.7 Å². The highest BCUT2D eigenvalue weighted by molar-refractivity contribution is 5.72. The monoisotopic (exact) mass is 904 g/mol. The number of aromatic nitrogens is 8. The van der Waals surface area contributed by atoms with Crippen molar-refractivity contribution in [3.8, 4) is 45.0 Å². The minimum atomic E-state index is -0.272. The number of rotatable bonds is 8. The van der Waals surface area contributed by atoms with Gasteiger partial charge in [-0.05, 0) is 97.3 Å². The quantitative estimate of drug-likeness (QED) is 0.118. The van der Waals surface area contributed by atoms with Crippen LogP contribution in [-0.4, -0.2) is 83.0 Å². The third kappa shape index (κ3) is 7.10. The van der Waals surface area contributed by atoms with Gasteiger partial charge in [0.15, 0.2) is 0 Å². The summed E-state index contributed by atoms with van der Waals surface area (Å²) < 4.78 is 8.47. The molecule has 8 aliphatic rings. The molecular formula is C56H56N8O4. The SMILES string of the molecule is OC(C1CC1)[C@@H]1c2ccccc2-c2cncn21.OC(C1CC1)[C@@H]1c2ccccc2-c2cncn21.O[C@@H](C1CC1)[C@H]1c2ccccc2-c2cncn21.O[C@H](C1CC1)[C@H]1c2ccccc2-c2cncn21. The molecule has 4 N–H and O–H groups in total. The van der Waals surface area contributed by atoms with Crippen LogP contribution in [0.3, 0.4) is 0 Å². The topological polar surface area (TPSA) is 152 Å². The van der Waals surface area contributed by atoms with E-state index in [-0.39, 0.29) is 48.6 Å². The van der Waals surface area contributed by atoms with Crippen molar-refractivity contribution in [2.75, 3.05) is 0 Å². The van der Waals surface area contributed by atoms with Gasteiger partial charge in [0.2, 0.25) is 0 Å². The Kier molecular flexibility index (Phi) is 10.2. The molecule has 0 bridgehead atoms. The van der Waals surface area contributed by atoms with Gasteiger partial charge in [-0.2, -0.15) is 0 Å². The highest BCUT2D eigenvalue weighted by Gasteiger charge is 2.44. The van der Waals surface area contributed by atoms with E-state index >= 15 is 0 Å². The van der Waals surface area contributed by atoms with Gasteiger partial charge in [0, 0.05) is 22.3 Å². The van der Waals surface area contributed by atoms with Crippen LogP contribution in [0.25, 0.3) is 45.0 Å². The van der Waals surface area contributed by atoms with Crippen molar-refractivity contribution in [1.29, 1.82) is 0 Å². The van der Waals surface area contributed by atoms with Crippen molar-refractivity contribution in [3.05, 3.63) is 169 Å². The Hall–Kier alpha value is -6.44. The third-order valence-corrected chi connectivity index (χ3v) is 15.8. The first-order valence-corrected chi connectivity index (χ1v) is 24.6. The lowest BCUT2D eigenvalue weighted by atomic mass is 9.97. The molecule has 344 valence electrons. The van der Waals surface area contributed by atoms with E-state index in [4.69, 9.17) is 0 Å². The van der Waals surface area contributed by atoms with E-state index in [1.54, 1.807) is 0 Å². The second-order valence-corrected chi connectivity index (χ2v) is 20.2. The van der Waals surface area contributed by atoms with Gasteiger partial charge in [-0.3, -0.25) is 0 Å². The van der Waals surface area contributed by atoms with Crippen LogP contribution in [0.5, 0.6) is 0 Å². The molecule has 0 amide bonds. The third-order valence-electron chi connectivity index (χ3n) is 15.8. The first kappa shape index (κ1) is 41.7. The second kappa shape index (κ2) is 16.7. The fourth-order valence-corrected chi connectivity index (χ4v) is 11.7. The summed E-state index contributed by atoms with van der Waals surface area (Å²) in [5.74, 6) is 1.89. The molecule has 0 saturated heterocycles. The zero-order chi connectivity index (χ0) is 45.6. The van der Waals surface area contributed by atoms with Gasteiger partial charge in [0.1, 0.15) is 0 Å². The van der Waals surface area contributed by atoms with Crippen molar-refractivity contribution >= 4 is 0 Å². The van der Waals surface area contributed by atoms with Crippen molar-refractivity contribution in [2.45, 2.75) is 99.9 Å². The van der Waals surface area contributed by atoms with Crippen molar-refractivity contribution in [3.63, 3.8) is 0 Å². The summed E-state index contributed by atoms with van der Waals surface area (Å²) in [6.45, 7) is 0. The van der Waals surface area contributed by atoms with E-state index < -0.39 is 0 Å². The van der Waals surface area contributed by atoms with Crippen LogP contribution in [0, 0.1) is 23.7 Å². The van der Waals surface area contributed by atoms with Gasteiger partial charge in [0.05, 0.1) is 121 Å². The Bertz CT molecular complexity index is 2700. The molecule has 16 rings (SSSR count). The molecule has 4 aromatic heterocycles. The highest BCUT2D eigenvalue weighted by Crippen LogP contribution is 2.50. The first-order chi connectivity index (χ1) is 33.4. The number of aliphatic hydroxyl groups excluding tert-OH is 4. The molecule has 12 heteroatoms. The maximum atomic E-state index is 10.5. The first-order valence-electron chi connectivity index (χ1n) is 24.6. The van der Waals surface area contributed by atoms with Crippen molar-refractivity contribution in [2.24, 2.45) is 23.7 Å². The Balaban J connectivity index is 0.0000000896. The summed E-state index contributed by atoms with van der Waals surface area (Å²) in [6, 6.07) is 33.6. The minimum absolute atomic E-state index is 0.0659. The number of imidazole rings is 4. The largest absolute Gasteiger partial charge is 0.390 e. The zero-order valence-corrected chi connectivity index (χ0v) is 37.8. The Morgan fingerprint density at radius 1 is 0.324 bits per heavy atom. The molecule has 0 radical (unpaired) electrons. The van der Waals surface area contributed by atoms with Crippen LogP contribution >= 0.6 is 0 Å². The number of aliphatic hydroxyl groups is 4. The Labute approximate surface area is 395 Å². The van der Waals surface area contributed by atoms with E-state index in [0.29, 0.717) is 23.7 Å². The lowest BCUT2D eigenvalue weighted by Gasteiger charge is -2.21. The Morgan fingerprint density at radius 3 is 0.735 bits per heavy atom. The summed E-state index contributed by atoms with van der Waals surface area (Å²) in [7, 11) is 0. The molecule has 0 spiro atoms. The smallest absolute Gasteiger partial charge is 0.0957 e.